The van der Waals surface area contributed by atoms with Crippen LogP contribution in [0.3, 0.4) is 0 Å². The Morgan fingerprint density at radius 3 is 2.75 bits per heavy atom. The molecule has 88 valence electrons. The highest BCUT2D eigenvalue weighted by atomic mass is 79.9. The number of benzene rings is 1. The van der Waals surface area contributed by atoms with E-state index in [1.165, 1.54) is 19.3 Å². The van der Waals surface area contributed by atoms with E-state index in [1.807, 2.05) is 13.1 Å². The summed E-state index contributed by atoms with van der Waals surface area (Å²) in [6, 6.07) is 5.29. The average molecular weight is 286 g/mol. The second-order valence-electron chi connectivity index (χ2n) is 4.56. The molecule has 0 aromatic heterocycles. The largest absolute Gasteiger partial charge is 0.372 e. The van der Waals surface area contributed by atoms with Crippen LogP contribution >= 0.6 is 15.9 Å². The Morgan fingerprint density at radius 2 is 2.19 bits per heavy atom. The molecular weight excluding hydrogens is 269 g/mol. The van der Waals surface area contributed by atoms with Gasteiger partial charge in [-0.15, -0.1) is 0 Å². The zero-order chi connectivity index (χ0) is 11.5. The first-order valence-corrected chi connectivity index (χ1v) is 6.89. The van der Waals surface area contributed by atoms with E-state index >= 15 is 0 Å². The molecule has 0 saturated heterocycles. The number of halogens is 2. The van der Waals surface area contributed by atoms with Gasteiger partial charge in [0.25, 0.3) is 0 Å². The number of alkyl halides is 1. The molecule has 0 N–H and O–H groups in total. The molecule has 3 heteroatoms. The Hall–Kier alpha value is -0.570. The lowest BCUT2D eigenvalue weighted by Gasteiger charge is -2.32. The van der Waals surface area contributed by atoms with Crippen molar-refractivity contribution in [2.75, 3.05) is 18.5 Å². The minimum atomic E-state index is -0.112. The highest BCUT2D eigenvalue weighted by Gasteiger charge is 2.21. The maximum Gasteiger partial charge on any atom is 0.146 e. The van der Waals surface area contributed by atoms with Crippen molar-refractivity contribution in [3.05, 3.63) is 29.6 Å². The summed E-state index contributed by atoms with van der Waals surface area (Å²) in [6.45, 7) is 0.973. The molecule has 16 heavy (non-hydrogen) atoms. The van der Waals surface area contributed by atoms with Crippen LogP contribution in [0.4, 0.5) is 10.1 Å². The van der Waals surface area contributed by atoms with E-state index in [9.17, 15) is 4.39 Å². The Kier molecular flexibility index (Phi) is 3.85. The van der Waals surface area contributed by atoms with Crippen LogP contribution in [0.25, 0.3) is 0 Å². The molecule has 0 amide bonds. The minimum Gasteiger partial charge on any atom is -0.372 e. The fourth-order valence-corrected chi connectivity index (χ4v) is 2.70. The maximum atomic E-state index is 13.8. The van der Waals surface area contributed by atoms with Crippen LogP contribution in [-0.2, 0) is 5.33 Å². The standard InChI is InChI=1S/C13H17BrFN/c1-16(9-10-4-2-5-10)13-11(8-14)6-3-7-12(13)15/h3,6-7,10H,2,4-5,8-9H2,1H3. The Morgan fingerprint density at radius 1 is 1.44 bits per heavy atom. The van der Waals surface area contributed by atoms with E-state index in [0.29, 0.717) is 5.33 Å². The van der Waals surface area contributed by atoms with E-state index < -0.39 is 0 Å². The van der Waals surface area contributed by atoms with Gasteiger partial charge in [-0.25, -0.2) is 4.39 Å². The first-order valence-electron chi connectivity index (χ1n) is 5.77. The molecule has 0 bridgehead atoms. The van der Waals surface area contributed by atoms with Gasteiger partial charge in [0.15, 0.2) is 0 Å². The summed E-state index contributed by atoms with van der Waals surface area (Å²) in [6.07, 6.45) is 3.92. The van der Waals surface area contributed by atoms with E-state index in [4.69, 9.17) is 0 Å². The summed E-state index contributed by atoms with van der Waals surface area (Å²) < 4.78 is 13.8. The Bertz CT molecular complexity index is 363. The number of hydrogen-bond donors (Lipinski definition) is 0. The fourth-order valence-electron chi connectivity index (χ4n) is 2.25. The van der Waals surface area contributed by atoms with Crippen LogP contribution in [0, 0.1) is 11.7 Å². The molecule has 0 radical (unpaired) electrons. The van der Waals surface area contributed by atoms with Gasteiger partial charge in [-0.1, -0.05) is 34.5 Å². The van der Waals surface area contributed by atoms with Crippen molar-refractivity contribution < 1.29 is 4.39 Å². The Balaban J connectivity index is 2.16. The average Bonchev–Trinajstić information content (AvgIpc) is 2.22. The number of para-hydroxylation sites is 1. The highest BCUT2D eigenvalue weighted by molar-refractivity contribution is 9.08. The topological polar surface area (TPSA) is 3.24 Å². The van der Waals surface area contributed by atoms with Crippen LogP contribution in [0.15, 0.2) is 18.2 Å². The summed E-state index contributed by atoms with van der Waals surface area (Å²) in [4.78, 5) is 2.07. The van der Waals surface area contributed by atoms with Crippen LogP contribution in [0.2, 0.25) is 0 Å². The SMILES string of the molecule is CN(CC1CCC1)c1c(F)cccc1CBr. The predicted octanol–water partition coefficient (Wildman–Crippen LogP) is 3.96. The quantitative estimate of drug-likeness (QED) is 0.757. The molecule has 1 nitrogen and oxygen atoms in total. The molecule has 0 aliphatic heterocycles. The summed E-state index contributed by atoms with van der Waals surface area (Å²) >= 11 is 3.41. The third-order valence-corrected chi connectivity index (χ3v) is 3.96. The fraction of sp³-hybridized carbons (Fsp3) is 0.538. The number of hydrogen-bond acceptors (Lipinski definition) is 1. The number of rotatable bonds is 4. The highest BCUT2D eigenvalue weighted by Crippen LogP contribution is 2.31. The molecule has 1 aromatic carbocycles. The van der Waals surface area contributed by atoms with E-state index in [0.717, 1.165) is 23.7 Å². The maximum absolute atomic E-state index is 13.8. The third kappa shape index (κ3) is 2.40. The summed E-state index contributed by atoms with van der Waals surface area (Å²) in [5.74, 6) is 0.645. The predicted molar refractivity (Wildman–Crippen MR) is 69.6 cm³/mol. The van der Waals surface area contributed by atoms with Crippen molar-refractivity contribution >= 4 is 21.6 Å². The zero-order valence-corrected chi connectivity index (χ0v) is 11.1. The normalized spacial score (nSPS) is 15.9. The molecule has 1 aliphatic rings. The van der Waals surface area contributed by atoms with Crippen molar-refractivity contribution in [2.45, 2.75) is 24.6 Å². The second kappa shape index (κ2) is 5.17. The van der Waals surface area contributed by atoms with Gasteiger partial charge in [0.1, 0.15) is 5.82 Å². The van der Waals surface area contributed by atoms with Crippen molar-refractivity contribution in [2.24, 2.45) is 5.92 Å². The lowest BCUT2D eigenvalue weighted by Crippen LogP contribution is -2.30. The lowest BCUT2D eigenvalue weighted by atomic mass is 9.85. The molecule has 0 atom stereocenters. The van der Waals surface area contributed by atoms with Crippen molar-refractivity contribution in [1.29, 1.82) is 0 Å². The van der Waals surface area contributed by atoms with Gasteiger partial charge in [-0.3, -0.25) is 0 Å². The summed E-state index contributed by atoms with van der Waals surface area (Å²) in [5, 5.41) is 0.703. The van der Waals surface area contributed by atoms with E-state index in [1.54, 1.807) is 12.1 Å². The van der Waals surface area contributed by atoms with Crippen molar-refractivity contribution in [3.8, 4) is 0 Å². The smallest absolute Gasteiger partial charge is 0.146 e. The first-order chi connectivity index (χ1) is 7.72. The molecule has 0 unspecified atom stereocenters. The van der Waals surface area contributed by atoms with Gasteiger partial charge in [-0.05, 0) is 30.4 Å². The molecule has 2 rings (SSSR count). The molecule has 1 fully saturated rings. The number of anilines is 1. The van der Waals surface area contributed by atoms with Gasteiger partial charge in [-0.2, -0.15) is 0 Å². The lowest BCUT2D eigenvalue weighted by molar-refractivity contribution is 0.320. The van der Waals surface area contributed by atoms with Crippen LogP contribution < -0.4 is 4.90 Å². The van der Waals surface area contributed by atoms with Crippen LogP contribution in [0.1, 0.15) is 24.8 Å². The third-order valence-electron chi connectivity index (χ3n) is 3.35. The van der Waals surface area contributed by atoms with Gasteiger partial charge < -0.3 is 4.90 Å². The van der Waals surface area contributed by atoms with E-state index in [-0.39, 0.29) is 5.82 Å². The second-order valence-corrected chi connectivity index (χ2v) is 5.12. The van der Waals surface area contributed by atoms with Gasteiger partial charge in [0, 0.05) is 18.9 Å². The molecule has 1 aliphatic carbocycles. The van der Waals surface area contributed by atoms with Crippen LogP contribution in [0.5, 0.6) is 0 Å². The summed E-state index contributed by atoms with van der Waals surface area (Å²) in [5.41, 5.74) is 1.79. The van der Waals surface area contributed by atoms with Gasteiger partial charge in [0.2, 0.25) is 0 Å². The molecule has 1 aromatic rings. The van der Waals surface area contributed by atoms with E-state index in [2.05, 4.69) is 20.8 Å². The number of nitrogens with zero attached hydrogens (tertiary/aromatic N) is 1. The minimum absolute atomic E-state index is 0.112. The molecule has 0 heterocycles. The first kappa shape index (κ1) is 11.9. The Labute approximate surface area is 105 Å². The van der Waals surface area contributed by atoms with Gasteiger partial charge >= 0.3 is 0 Å². The zero-order valence-electron chi connectivity index (χ0n) is 9.55. The van der Waals surface area contributed by atoms with Crippen LogP contribution in [-0.4, -0.2) is 13.6 Å². The van der Waals surface area contributed by atoms with Crippen molar-refractivity contribution in [1.82, 2.24) is 0 Å². The van der Waals surface area contributed by atoms with Crippen molar-refractivity contribution in [3.63, 3.8) is 0 Å². The monoisotopic (exact) mass is 285 g/mol. The molecule has 0 spiro atoms. The molecule has 1 saturated carbocycles. The van der Waals surface area contributed by atoms with Gasteiger partial charge in [0.05, 0.1) is 5.69 Å². The molecular formula is C13H17BrFN. The summed E-state index contributed by atoms with van der Waals surface area (Å²) in [7, 11) is 1.99.